The molecule has 2 heteroatoms. The monoisotopic (exact) mass is 139 g/mol. The summed E-state index contributed by atoms with van der Waals surface area (Å²) in [5, 5.41) is 0. The van der Waals surface area contributed by atoms with E-state index in [1.165, 1.54) is 0 Å². The van der Waals surface area contributed by atoms with Crippen LogP contribution >= 0.6 is 0 Å². The second kappa shape index (κ2) is 2.78. The van der Waals surface area contributed by atoms with E-state index in [0.29, 0.717) is 11.8 Å². The number of hydrogen-bond donors (Lipinski definition) is 1. The van der Waals surface area contributed by atoms with Crippen LogP contribution in [0, 0.1) is 0 Å². The first-order valence-electron chi connectivity index (χ1n) is 3.59. The van der Waals surface area contributed by atoms with Crippen LogP contribution in [0.2, 0.25) is 0 Å². The number of hydrogen-bond acceptors (Lipinski definition) is 2. The molecule has 0 amide bonds. The summed E-state index contributed by atoms with van der Waals surface area (Å²) in [6, 6.07) is 3.73. The minimum atomic E-state index is 0.484. The van der Waals surface area contributed by atoms with E-state index in [4.69, 9.17) is 10.2 Å². The van der Waals surface area contributed by atoms with Gasteiger partial charge in [0.15, 0.2) is 5.88 Å². The van der Waals surface area contributed by atoms with Crippen LogP contribution in [0.4, 0.5) is 5.88 Å². The van der Waals surface area contributed by atoms with Crippen molar-refractivity contribution in [2.24, 2.45) is 0 Å². The molecule has 1 atom stereocenters. The molecule has 10 heavy (non-hydrogen) atoms. The Morgan fingerprint density at radius 2 is 2.30 bits per heavy atom. The van der Waals surface area contributed by atoms with E-state index in [2.05, 4.69) is 13.8 Å². The molecule has 1 aromatic heterocycles. The predicted octanol–water partition coefficient (Wildman–Crippen LogP) is 2.38. The summed E-state index contributed by atoms with van der Waals surface area (Å²) >= 11 is 0. The molecule has 0 aromatic carbocycles. The fraction of sp³-hybridized carbons (Fsp3) is 0.500. The quantitative estimate of drug-likeness (QED) is 0.683. The van der Waals surface area contributed by atoms with Crippen LogP contribution in [0.15, 0.2) is 16.5 Å². The third-order valence-electron chi connectivity index (χ3n) is 1.75. The molecule has 0 saturated carbocycles. The van der Waals surface area contributed by atoms with Crippen LogP contribution in [0.5, 0.6) is 0 Å². The first-order chi connectivity index (χ1) is 4.74. The van der Waals surface area contributed by atoms with Crippen molar-refractivity contribution in [3.8, 4) is 0 Å². The summed E-state index contributed by atoms with van der Waals surface area (Å²) in [4.78, 5) is 0. The maximum Gasteiger partial charge on any atom is 0.190 e. The van der Waals surface area contributed by atoms with Gasteiger partial charge in [-0.05, 0) is 12.5 Å². The molecule has 0 aliphatic rings. The smallest absolute Gasteiger partial charge is 0.190 e. The van der Waals surface area contributed by atoms with E-state index in [1.807, 2.05) is 6.07 Å². The van der Waals surface area contributed by atoms with Gasteiger partial charge in [0.05, 0.1) is 0 Å². The zero-order valence-electron chi connectivity index (χ0n) is 6.42. The van der Waals surface area contributed by atoms with Gasteiger partial charge in [0.2, 0.25) is 0 Å². The molecule has 0 bridgehead atoms. The highest BCUT2D eigenvalue weighted by Gasteiger charge is 2.05. The Morgan fingerprint density at radius 1 is 1.60 bits per heavy atom. The molecule has 1 rings (SSSR count). The molecule has 56 valence electrons. The van der Waals surface area contributed by atoms with Gasteiger partial charge >= 0.3 is 0 Å². The van der Waals surface area contributed by atoms with Crippen LogP contribution in [0.1, 0.15) is 31.9 Å². The maximum atomic E-state index is 5.40. The number of furan rings is 1. The predicted molar refractivity (Wildman–Crippen MR) is 41.8 cm³/mol. The van der Waals surface area contributed by atoms with Gasteiger partial charge in [0.1, 0.15) is 5.76 Å². The Bertz CT molecular complexity index is 205. The molecule has 0 saturated heterocycles. The molecule has 0 radical (unpaired) electrons. The number of nitrogen functional groups attached to an aromatic ring is 1. The molecule has 0 fully saturated rings. The van der Waals surface area contributed by atoms with Gasteiger partial charge in [-0.3, -0.25) is 0 Å². The average Bonchev–Trinajstić information content (AvgIpc) is 2.34. The van der Waals surface area contributed by atoms with Gasteiger partial charge in [-0.25, -0.2) is 0 Å². The molecule has 0 aliphatic carbocycles. The van der Waals surface area contributed by atoms with Crippen molar-refractivity contribution in [2.45, 2.75) is 26.2 Å². The molecule has 1 unspecified atom stereocenters. The van der Waals surface area contributed by atoms with Crippen molar-refractivity contribution in [3.63, 3.8) is 0 Å². The Labute approximate surface area is 61.0 Å². The van der Waals surface area contributed by atoms with E-state index in [0.717, 1.165) is 12.2 Å². The summed E-state index contributed by atoms with van der Waals surface area (Å²) in [7, 11) is 0. The molecule has 1 heterocycles. The van der Waals surface area contributed by atoms with Gasteiger partial charge in [-0.1, -0.05) is 13.8 Å². The molecule has 2 N–H and O–H groups in total. The second-order valence-electron chi connectivity index (χ2n) is 2.55. The Hall–Kier alpha value is -0.920. The Kier molecular flexibility index (Phi) is 2.00. The topological polar surface area (TPSA) is 39.2 Å². The minimum Gasteiger partial charge on any atom is -0.446 e. The van der Waals surface area contributed by atoms with Crippen molar-refractivity contribution in [2.75, 3.05) is 5.73 Å². The van der Waals surface area contributed by atoms with E-state index in [9.17, 15) is 0 Å². The molecule has 0 aliphatic heterocycles. The van der Waals surface area contributed by atoms with E-state index >= 15 is 0 Å². The van der Waals surface area contributed by atoms with Crippen LogP contribution < -0.4 is 5.73 Å². The maximum absolute atomic E-state index is 5.40. The van der Waals surface area contributed by atoms with E-state index < -0.39 is 0 Å². The van der Waals surface area contributed by atoms with Crippen molar-refractivity contribution in [1.29, 1.82) is 0 Å². The molecular weight excluding hydrogens is 126 g/mol. The van der Waals surface area contributed by atoms with Crippen molar-refractivity contribution in [1.82, 2.24) is 0 Å². The molecular formula is C8H13NO. The lowest BCUT2D eigenvalue weighted by Crippen LogP contribution is -1.87. The normalized spacial score (nSPS) is 13.4. The average molecular weight is 139 g/mol. The first kappa shape index (κ1) is 7.19. The Balaban J connectivity index is 2.74. The highest BCUT2D eigenvalue weighted by molar-refractivity contribution is 5.26. The number of rotatable bonds is 2. The van der Waals surface area contributed by atoms with Crippen molar-refractivity contribution >= 4 is 5.88 Å². The zero-order chi connectivity index (χ0) is 7.56. The summed E-state index contributed by atoms with van der Waals surface area (Å²) in [5.74, 6) is 1.98. The SMILES string of the molecule is CCC(C)c1ccc(N)o1. The lowest BCUT2D eigenvalue weighted by molar-refractivity contribution is 0.483. The van der Waals surface area contributed by atoms with Gasteiger partial charge in [0.25, 0.3) is 0 Å². The second-order valence-corrected chi connectivity index (χ2v) is 2.55. The van der Waals surface area contributed by atoms with Gasteiger partial charge < -0.3 is 10.2 Å². The van der Waals surface area contributed by atoms with Crippen LogP contribution in [-0.2, 0) is 0 Å². The van der Waals surface area contributed by atoms with E-state index in [1.54, 1.807) is 6.07 Å². The lowest BCUT2D eigenvalue weighted by atomic mass is 10.1. The van der Waals surface area contributed by atoms with E-state index in [-0.39, 0.29) is 0 Å². The summed E-state index contributed by atoms with van der Waals surface area (Å²) in [6.07, 6.45) is 1.09. The lowest BCUT2D eigenvalue weighted by Gasteiger charge is -2.01. The fourth-order valence-electron chi connectivity index (χ4n) is 0.834. The van der Waals surface area contributed by atoms with Crippen LogP contribution in [-0.4, -0.2) is 0 Å². The Morgan fingerprint density at radius 3 is 2.70 bits per heavy atom. The third-order valence-corrected chi connectivity index (χ3v) is 1.75. The van der Waals surface area contributed by atoms with Crippen LogP contribution in [0.3, 0.4) is 0 Å². The summed E-state index contributed by atoms with van der Waals surface area (Å²) < 4.78 is 5.21. The van der Waals surface area contributed by atoms with Gasteiger partial charge in [-0.2, -0.15) is 0 Å². The highest BCUT2D eigenvalue weighted by atomic mass is 16.4. The van der Waals surface area contributed by atoms with Crippen molar-refractivity contribution < 1.29 is 4.42 Å². The molecule has 0 spiro atoms. The number of anilines is 1. The van der Waals surface area contributed by atoms with Crippen molar-refractivity contribution in [3.05, 3.63) is 17.9 Å². The van der Waals surface area contributed by atoms with Gasteiger partial charge in [0, 0.05) is 12.0 Å². The minimum absolute atomic E-state index is 0.484. The zero-order valence-corrected chi connectivity index (χ0v) is 6.42. The highest BCUT2D eigenvalue weighted by Crippen LogP contribution is 2.21. The summed E-state index contributed by atoms with van der Waals surface area (Å²) in [5.41, 5.74) is 5.40. The van der Waals surface area contributed by atoms with Crippen LogP contribution in [0.25, 0.3) is 0 Å². The largest absolute Gasteiger partial charge is 0.446 e. The third kappa shape index (κ3) is 1.32. The molecule has 2 nitrogen and oxygen atoms in total. The van der Waals surface area contributed by atoms with Gasteiger partial charge in [-0.15, -0.1) is 0 Å². The number of nitrogens with two attached hydrogens (primary N) is 1. The fourth-order valence-corrected chi connectivity index (χ4v) is 0.834. The standard InChI is InChI=1S/C8H13NO/c1-3-6(2)7-4-5-8(9)10-7/h4-6H,3,9H2,1-2H3. The summed E-state index contributed by atoms with van der Waals surface area (Å²) in [6.45, 7) is 4.25. The molecule has 1 aromatic rings. The first-order valence-corrected chi connectivity index (χ1v) is 3.59.